The molecule has 0 N–H and O–H groups in total. The van der Waals surface area contributed by atoms with E-state index in [1.54, 1.807) is 6.92 Å². The number of ether oxygens (including phenoxy) is 1. The maximum Gasteiger partial charge on any atom is 0.400 e. The molecule has 0 heterocycles. The highest BCUT2D eigenvalue weighted by Crippen LogP contribution is 2.36. The van der Waals surface area contributed by atoms with E-state index in [1.165, 1.54) is 0 Å². The van der Waals surface area contributed by atoms with Gasteiger partial charge in [0, 0.05) is 12.1 Å². The lowest BCUT2D eigenvalue weighted by Crippen LogP contribution is -2.35. The maximum atomic E-state index is 14.5. The number of rotatable bonds is 11. The van der Waals surface area contributed by atoms with Gasteiger partial charge in [-0.25, -0.2) is 13.2 Å². The van der Waals surface area contributed by atoms with Crippen LogP contribution in [0.15, 0.2) is 12.1 Å². The van der Waals surface area contributed by atoms with Gasteiger partial charge in [-0.15, -0.1) is 0 Å². The number of alkyl halides is 2. The molecule has 1 aromatic carbocycles. The van der Waals surface area contributed by atoms with Crippen LogP contribution in [0.25, 0.3) is 0 Å². The van der Waals surface area contributed by atoms with Crippen molar-refractivity contribution in [1.82, 2.24) is 0 Å². The van der Waals surface area contributed by atoms with Crippen molar-refractivity contribution in [1.29, 1.82) is 0 Å². The number of halogens is 5. The zero-order valence-corrected chi connectivity index (χ0v) is 16.8. The molecule has 0 saturated carbocycles. The molecule has 0 aliphatic carbocycles. The molecular weight excluding hydrogens is 363 g/mol. The largest absolute Gasteiger partial charge is 0.432 e. The Morgan fingerprint density at radius 2 is 1.33 bits per heavy atom. The third kappa shape index (κ3) is 7.30. The van der Waals surface area contributed by atoms with Gasteiger partial charge in [-0.3, -0.25) is 0 Å². The Bertz CT molecular complexity index is 565. The molecule has 0 aliphatic heterocycles. The van der Waals surface area contributed by atoms with E-state index in [9.17, 15) is 22.0 Å². The summed E-state index contributed by atoms with van der Waals surface area (Å²) in [6, 6.07) is 0.880. The van der Waals surface area contributed by atoms with Gasteiger partial charge in [-0.2, -0.15) is 8.78 Å². The first-order valence-corrected chi connectivity index (χ1v) is 9.69. The highest BCUT2D eigenvalue weighted by molar-refractivity contribution is 5.25. The van der Waals surface area contributed by atoms with Crippen molar-refractivity contribution in [2.75, 3.05) is 0 Å². The predicted octanol–water partition coefficient (Wildman–Crippen LogP) is 7.59. The van der Waals surface area contributed by atoms with Crippen LogP contribution in [0.4, 0.5) is 22.0 Å². The average molecular weight is 394 g/mol. The zero-order chi connectivity index (χ0) is 20.8. The van der Waals surface area contributed by atoms with Gasteiger partial charge in [0.05, 0.1) is 5.92 Å². The number of benzene rings is 1. The van der Waals surface area contributed by atoms with E-state index in [0.29, 0.717) is 30.4 Å². The Hall–Kier alpha value is -1.33. The van der Waals surface area contributed by atoms with E-state index >= 15 is 0 Å². The normalized spacial score (nSPS) is 15.7. The summed E-state index contributed by atoms with van der Waals surface area (Å²) < 4.78 is 73.0. The van der Waals surface area contributed by atoms with Crippen molar-refractivity contribution in [2.45, 2.75) is 72.8 Å². The third-order valence-electron chi connectivity index (χ3n) is 5.32. The molecule has 0 saturated heterocycles. The molecule has 6 heteroatoms. The summed E-state index contributed by atoms with van der Waals surface area (Å²) in [6.45, 7) is 10.1. The Morgan fingerprint density at radius 3 is 1.78 bits per heavy atom. The molecule has 0 amide bonds. The summed E-state index contributed by atoms with van der Waals surface area (Å²) in [5.41, 5.74) is 0. The first kappa shape index (κ1) is 23.7. The van der Waals surface area contributed by atoms with Gasteiger partial charge >= 0.3 is 6.11 Å². The van der Waals surface area contributed by atoms with Crippen molar-refractivity contribution >= 4 is 0 Å². The second-order valence-corrected chi connectivity index (χ2v) is 7.97. The van der Waals surface area contributed by atoms with Crippen molar-refractivity contribution in [3.63, 3.8) is 0 Å². The highest BCUT2D eigenvalue weighted by atomic mass is 19.3. The Labute approximate surface area is 159 Å². The van der Waals surface area contributed by atoms with Crippen LogP contribution in [0.1, 0.15) is 66.7 Å². The van der Waals surface area contributed by atoms with Crippen molar-refractivity contribution in [2.24, 2.45) is 23.7 Å². The van der Waals surface area contributed by atoms with Crippen LogP contribution in [-0.2, 0) is 0 Å². The summed E-state index contributed by atoms with van der Waals surface area (Å²) in [6.07, 6.45) is -0.426. The Balaban J connectivity index is 2.70. The Morgan fingerprint density at radius 1 is 0.852 bits per heavy atom. The van der Waals surface area contributed by atoms with Crippen LogP contribution in [-0.4, -0.2) is 6.11 Å². The van der Waals surface area contributed by atoms with E-state index in [-0.39, 0.29) is 18.8 Å². The number of hydrogen-bond acceptors (Lipinski definition) is 1. The molecule has 0 bridgehead atoms. The van der Waals surface area contributed by atoms with E-state index in [4.69, 9.17) is 0 Å². The standard InChI is InChI=1S/C21H31F5O/c1-6-16(10-9-15(5)14(4)8-7-13(2)3)21(25,26)27-17-11-18(22)20(24)19(23)12-17/h11-16H,6-10H2,1-5H3. The van der Waals surface area contributed by atoms with Crippen LogP contribution >= 0.6 is 0 Å². The molecule has 0 fully saturated rings. The smallest absolute Gasteiger partial charge is 0.400 e. The molecule has 27 heavy (non-hydrogen) atoms. The van der Waals surface area contributed by atoms with Gasteiger partial charge in [-0.05, 0) is 37.0 Å². The molecule has 0 radical (unpaired) electrons. The summed E-state index contributed by atoms with van der Waals surface area (Å²) in [4.78, 5) is 0. The fourth-order valence-electron chi connectivity index (χ4n) is 3.07. The molecule has 156 valence electrons. The molecule has 1 nitrogen and oxygen atoms in total. The monoisotopic (exact) mass is 394 g/mol. The summed E-state index contributed by atoms with van der Waals surface area (Å²) >= 11 is 0. The zero-order valence-electron chi connectivity index (χ0n) is 16.8. The van der Waals surface area contributed by atoms with Crippen LogP contribution in [0.5, 0.6) is 5.75 Å². The summed E-state index contributed by atoms with van der Waals surface area (Å²) in [7, 11) is 0. The molecule has 3 unspecified atom stereocenters. The van der Waals surface area contributed by atoms with Crippen molar-refractivity contribution in [3.8, 4) is 5.75 Å². The van der Waals surface area contributed by atoms with E-state index in [1.807, 2.05) is 0 Å². The van der Waals surface area contributed by atoms with Gasteiger partial charge in [0.25, 0.3) is 0 Å². The van der Waals surface area contributed by atoms with E-state index in [2.05, 4.69) is 32.4 Å². The molecule has 0 aromatic heterocycles. The van der Waals surface area contributed by atoms with Crippen molar-refractivity contribution < 1.29 is 26.7 Å². The topological polar surface area (TPSA) is 9.23 Å². The van der Waals surface area contributed by atoms with Gasteiger partial charge in [-0.1, -0.05) is 47.5 Å². The first-order valence-electron chi connectivity index (χ1n) is 9.69. The minimum Gasteiger partial charge on any atom is -0.432 e. The third-order valence-corrected chi connectivity index (χ3v) is 5.32. The van der Waals surface area contributed by atoms with Crippen LogP contribution in [0, 0.1) is 41.1 Å². The van der Waals surface area contributed by atoms with Gasteiger partial charge in [0.2, 0.25) is 0 Å². The summed E-state index contributed by atoms with van der Waals surface area (Å²) in [5.74, 6) is -5.29. The van der Waals surface area contributed by atoms with Gasteiger partial charge in [0.15, 0.2) is 17.5 Å². The van der Waals surface area contributed by atoms with Crippen LogP contribution in [0.3, 0.4) is 0 Å². The first-order chi connectivity index (χ1) is 12.5. The summed E-state index contributed by atoms with van der Waals surface area (Å²) in [5, 5.41) is 0. The van der Waals surface area contributed by atoms with Crippen LogP contribution < -0.4 is 4.74 Å². The second kappa shape index (κ2) is 10.3. The minimum absolute atomic E-state index is 0.159. The van der Waals surface area contributed by atoms with E-state index < -0.39 is 35.2 Å². The van der Waals surface area contributed by atoms with E-state index in [0.717, 1.165) is 12.8 Å². The second-order valence-electron chi connectivity index (χ2n) is 7.97. The SMILES string of the molecule is CCC(CCC(C)C(C)CCC(C)C)C(F)(F)Oc1cc(F)c(F)c(F)c1. The predicted molar refractivity (Wildman–Crippen MR) is 97.3 cm³/mol. The fourth-order valence-corrected chi connectivity index (χ4v) is 3.07. The lowest BCUT2D eigenvalue weighted by molar-refractivity contribution is -0.218. The van der Waals surface area contributed by atoms with Crippen LogP contribution in [0.2, 0.25) is 0 Å². The maximum absolute atomic E-state index is 14.5. The van der Waals surface area contributed by atoms with Gasteiger partial charge < -0.3 is 4.74 Å². The number of hydrogen-bond donors (Lipinski definition) is 0. The average Bonchev–Trinajstić information content (AvgIpc) is 2.57. The van der Waals surface area contributed by atoms with Gasteiger partial charge in [0.1, 0.15) is 5.75 Å². The highest BCUT2D eigenvalue weighted by Gasteiger charge is 2.41. The quantitative estimate of drug-likeness (QED) is 0.277. The van der Waals surface area contributed by atoms with Crippen molar-refractivity contribution in [3.05, 3.63) is 29.6 Å². The lowest BCUT2D eigenvalue weighted by atomic mass is 9.84. The fraction of sp³-hybridized carbons (Fsp3) is 0.714. The molecule has 0 aliphatic rings. The Kier molecular flexibility index (Phi) is 9.03. The minimum atomic E-state index is -3.59. The lowest BCUT2D eigenvalue weighted by Gasteiger charge is -2.28. The molecule has 3 atom stereocenters. The molecule has 1 aromatic rings. The molecular formula is C21H31F5O. The molecule has 0 spiro atoms. The molecule has 1 rings (SSSR count).